The lowest BCUT2D eigenvalue weighted by Crippen LogP contribution is -2.57. The molecule has 1 fully saturated rings. The number of hydrogen-bond acceptors (Lipinski definition) is 5. The van der Waals surface area contributed by atoms with Crippen LogP contribution < -0.4 is 0 Å². The van der Waals surface area contributed by atoms with Crippen LogP contribution in [0.4, 0.5) is 13.2 Å². The van der Waals surface area contributed by atoms with E-state index in [1.54, 1.807) is 12.3 Å². The quantitative estimate of drug-likeness (QED) is 0.850. The molecule has 1 N–H and O–H groups in total. The Kier molecular flexibility index (Phi) is 5.13. The van der Waals surface area contributed by atoms with E-state index in [2.05, 4.69) is 15.1 Å². The summed E-state index contributed by atoms with van der Waals surface area (Å²) < 4.78 is 40.0. The van der Waals surface area contributed by atoms with Crippen molar-refractivity contribution in [2.24, 2.45) is 0 Å². The molecule has 0 unspecified atom stereocenters. The Balaban J connectivity index is 1.65. The number of hydrogen-bond donors (Lipinski definition) is 1. The van der Waals surface area contributed by atoms with Crippen molar-refractivity contribution in [1.82, 2.24) is 24.6 Å². The third kappa shape index (κ3) is 3.91. The summed E-state index contributed by atoms with van der Waals surface area (Å²) in [6, 6.07) is 1.78. The monoisotopic (exact) mass is 403 g/mol. The number of alkyl halides is 3. The van der Waals surface area contributed by atoms with Gasteiger partial charge in [-0.25, -0.2) is 14.6 Å². The van der Waals surface area contributed by atoms with E-state index in [9.17, 15) is 23.1 Å². The van der Waals surface area contributed by atoms with Crippen molar-refractivity contribution in [2.45, 2.75) is 37.5 Å². The molecule has 1 atom stereocenters. The first-order valence-electron chi connectivity index (χ1n) is 8.21. The third-order valence-electron chi connectivity index (χ3n) is 4.59. The minimum atomic E-state index is -5.02. The van der Waals surface area contributed by atoms with Crippen molar-refractivity contribution in [2.75, 3.05) is 13.1 Å². The average molecular weight is 404 g/mol. The fourth-order valence-corrected chi connectivity index (χ4v) is 3.00. The predicted octanol–water partition coefficient (Wildman–Crippen LogP) is 2.34. The van der Waals surface area contributed by atoms with Gasteiger partial charge in [0.2, 0.25) is 5.60 Å². The number of amides is 1. The van der Waals surface area contributed by atoms with Crippen LogP contribution in [0.1, 0.15) is 31.4 Å². The maximum absolute atomic E-state index is 12.8. The van der Waals surface area contributed by atoms with Crippen molar-refractivity contribution in [3.63, 3.8) is 0 Å². The van der Waals surface area contributed by atoms with Gasteiger partial charge in [0, 0.05) is 25.2 Å². The van der Waals surface area contributed by atoms with Crippen molar-refractivity contribution in [3.8, 4) is 5.95 Å². The largest absolute Gasteiger partial charge is 0.426 e. The molecule has 1 aliphatic rings. The number of aliphatic hydroxyl groups is 1. The molecule has 2 aromatic rings. The summed E-state index contributed by atoms with van der Waals surface area (Å²) in [6.07, 6.45) is 0.447. The van der Waals surface area contributed by atoms with Gasteiger partial charge < -0.3 is 10.0 Å². The molecule has 2 aromatic heterocycles. The molecule has 1 amide bonds. The van der Waals surface area contributed by atoms with Gasteiger partial charge in [-0.3, -0.25) is 4.79 Å². The Labute approximate surface area is 157 Å². The zero-order chi connectivity index (χ0) is 19.8. The Morgan fingerprint density at radius 3 is 2.41 bits per heavy atom. The topological polar surface area (TPSA) is 84.1 Å². The van der Waals surface area contributed by atoms with Crippen LogP contribution in [0.25, 0.3) is 5.95 Å². The van der Waals surface area contributed by atoms with Crippen LogP contribution in [0.3, 0.4) is 0 Å². The lowest BCUT2D eigenvalue weighted by atomic mass is 9.92. The molecule has 7 nitrogen and oxygen atoms in total. The van der Waals surface area contributed by atoms with E-state index in [4.69, 9.17) is 11.6 Å². The fourth-order valence-electron chi connectivity index (χ4n) is 2.90. The normalized spacial score (nSPS) is 18.4. The molecular formula is C16H17ClF3N5O2. The molecule has 3 rings (SSSR count). The Morgan fingerprint density at radius 2 is 1.85 bits per heavy atom. The molecule has 0 spiro atoms. The molecule has 1 aliphatic heterocycles. The highest BCUT2D eigenvalue weighted by atomic mass is 35.5. The van der Waals surface area contributed by atoms with Gasteiger partial charge in [0.25, 0.3) is 11.9 Å². The van der Waals surface area contributed by atoms with Crippen LogP contribution in [0, 0.1) is 0 Å². The SMILES string of the molecule is C[C@@](O)(C(=O)N1CCC(c2ccn(-c3ncc(Cl)cn3)n2)CC1)C(F)(F)F. The van der Waals surface area contributed by atoms with Gasteiger partial charge in [-0.1, -0.05) is 11.6 Å². The van der Waals surface area contributed by atoms with Crippen LogP contribution >= 0.6 is 11.6 Å². The van der Waals surface area contributed by atoms with Gasteiger partial charge in [0.15, 0.2) is 0 Å². The number of nitrogens with zero attached hydrogens (tertiary/aromatic N) is 5. The standard InChI is InChI=1S/C16H17ClF3N5O2/c1-15(27,16(18,19)20)13(26)24-5-2-10(3-6-24)12-4-7-25(23-12)14-21-8-11(17)9-22-14/h4,7-10,27H,2-3,5-6H2,1H3/t15-/m1/s1. The van der Waals surface area contributed by atoms with E-state index in [-0.39, 0.29) is 19.0 Å². The second-order valence-electron chi connectivity index (χ2n) is 6.52. The van der Waals surface area contributed by atoms with Crippen LogP contribution in [0.5, 0.6) is 0 Å². The molecule has 146 valence electrons. The first-order valence-corrected chi connectivity index (χ1v) is 8.59. The minimum Gasteiger partial charge on any atom is -0.373 e. The summed E-state index contributed by atoms with van der Waals surface area (Å²) in [5.74, 6) is -0.994. The highest BCUT2D eigenvalue weighted by Crippen LogP contribution is 2.34. The maximum Gasteiger partial charge on any atom is 0.426 e. The summed E-state index contributed by atoms with van der Waals surface area (Å²) in [6.45, 7) is 0.704. The van der Waals surface area contributed by atoms with E-state index in [1.807, 2.05) is 0 Å². The number of halogens is 4. The van der Waals surface area contributed by atoms with Crippen molar-refractivity contribution < 1.29 is 23.1 Å². The van der Waals surface area contributed by atoms with E-state index in [1.165, 1.54) is 17.1 Å². The summed E-state index contributed by atoms with van der Waals surface area (Å²) >= 11 is 5.75. The van der Waals surface area contributed by atoms with Crippen molar-refractivity contribution >= 4 is 17.5 Å². The van der Waals surface area contributed by atoms with Crippen LogP contribution in [-0.2, 0) is 4.79 Å². The highest BCUT2D eigenvalue weighted by molar-refractivity contribution is 6.30. The van der Waals surface area contributed by atoms with Crippen LogP contribution in [-0.4, -0.2) is 60.5 Å². The fraction of sp³-hybridized carbons (Fsp3) is 0.500. The number of rotatable bonds is 3. The maximum atomic E-state index is 12.8. The molecule has 11 heteroatoms. The summed E-state index contributed by atoms with van der Waals surface area (Å²) in [4.78, 5) is 21.2. The molecule has 0 radical (unpaired) electrons. The number of likely N-dealkylation sites (tertiary alicyclic amines) is 1. The van der Waals surface area contributed by atoms with E-state index in [0.29, 0.717) is 30.7 Å². The molecule has 0 aromatic carbocycles. The molecule has 0 aliphatic carbocycles. The van der Waals surface area contributed by atoms with Gasteiger partial charge in [0.05, 0.1) is 23.1 Å². The smallest absolute Gasteiger partial charge is 0.373 e. The zero-order valence-electron chi connectivity index (χ0n) is 14.3. The summed E-state index contributed by atoms with van der Waals surface area (Å²) in [5, 5.41) is 14.4. The van der Waals surface area contributed by atoms with Gasteiger partial charge in [0.1, 0.15) is 0 Å². The predicted molar refractivity (Wildman–Crippen MR) is 89.4 cm³/mol. The zero-order valence-corrected chi connectivity index (χ0v) is 15.1. The van der Waals surface area contributed by atoms with E-state index in [0.717, 1.165) is 10.6 Å². The molecule has 3 heterocycles. The molecular weight excluding hydrogens is 387 g/mol. The lowest BCUT2D eigenvalue weighted by molar-refractivity contribution is -0.250. The number of aromatic nitrogens is 4. The second-order valence-corrected chi connectivity index (χ2v) is 6.96. The molecule has 1 saturated heterocycles. The third-order valence-corrected chi connectivity index (χ3v) is 4.79. The van der Waals surface area contributed by atoms with Crippen LogP contribution in [0.2, 0.25) is 5.02 Å². The molecule has 27 heavy (non-hydrogen) atoms. The minimum absolute atomic E-state index is 0.0153. The first-order chi connectivity index (χ1) is 12.6. The summed E-state index contributed by atoms with van der Waals surface area (Å²) in [7, 11) is 0. The van der Waals surface area contributed by atoms with Gasteiger partial charge >= 0.3 is 6.18 Å². The van der Waals surface area contributed by atoms with Crippen LogP contribution in [0.15, 0.2) is 24.7 Å². The van der Waals surface area contributed by atoms with Gasteiger partial charge in [-0.05, 0) is 25.8 Å². The van der Waals surface area contributed by atoms with Crippen molar-refractivity contribution in [3.05, 3.63) is 35.4 Å². The summed E-state index contributed by atoms with van der Waals surface area (Å²) in [5.41, 5.74) is -2.64. The number of carbonyl (C=O) groups is 1. The molecule has 0 bridgehead atoms. The van der Waals surface area contributed by atoms with Crippen molar-refractivity contribution in [1.29, 1.82) is 0 Å². The lowest BCUT2D eigenvalue weighted by Gasteiger charge is -2.36. The van der Waals surface area contributed by atoms with E-state index < -0.39 is 17.7 Å². The Bertz CT molecular complexity index is 814. The van der Waals surface area contributed by atoms with Gasteiger partial charge in [-0.2, -0.15) is 18.3 Å². The van der Waals surface area contributed by atoms with Gasteiger partial charge in [-0.15, -0.1) is 0 Å². The Hall–Kier alpha value is -2.20. The first kappa shape index (κ1) is 19.6. The van der Waals surface area contributed by atoms with E-state index >= 15 is 0 Å². The Morgan fingerprint density at radius 1 is 1.26 bits per heavy atom. The number of carbonyl (C=O) groups excluding carboxylic acids is 1. The second kappa shape index (κ2) is 7.08. The molecule has 0 saturated carbocycles. The highest BCUT2D eigenvalue weighted by Gasteiger charge is 2.57. The number of piperidine rings is 1. The average Bonchev–Trinajstić information content (AvgIpc) is 3.11.